The largest absolute Gasteiger partial charge is 0.459 e. The Balaban J connectivity index is 1.81. The van der Waals surface area contributed by atoms with Crippen LogP contribution in [0.1, 0.15) is 107 Å². The maximum atomic E-state index is 14.5. The van der Waals surface area contributed by atoms with Crippen LogP contribution in [0.25, 0.3) is 0 Å². The maximum absolute atomic E-state index is 14.5. The average molecular weight is 853 g/mol. The highest BCUT2D eigenvalue weighted by molar-refractivity contribution is 5.73. The third-order valence-electron chi connectivity index (χ3n) is 13.8. The van der Waals surface area contributed by atoms with Gasteiger partial charge in [-0.15, -0.1) is 0 Å². The standard InChI is InChI=1S/C46H80N2O12/c1-14-35-46(10,54)39(50)31(6)48(22-18-21-33-19-16-15-17-20-33)26-27(2)24-44(8,53)41(60-43-37(49)34(47(11)12)23-28(3)56-43)29(4)38(30(5)42(52)58-35)59-36-25-45(9,55-13)40(51)32(7)57-36/h15-17,19-20,27-32,34-41,43,49-51,53-54H,14,18,21-26H2,1-13H3/t27-,28+,29+,30-,31-,32-,34-,35-,36-,37+,38+,39-,40-,41-,43-,44-,45+,46-/m1/s1. The molecule has 1 aromatic rings. The number of ether oxygens (including phenoxy) is 6. The lowest BCUT2D eigenvalue weighted by Gasteiger charge is -2.48. The maximum Gasteiger partial charge on any atom is 0.311 e. The summed E-state index contributed by atoms with van der Waals surface area (Å²) < 4.78 is 38.0. The molecular formula is C46H80N2O12. The van der Waals surface area contributed by atoms with Gasteiger partial charge in [0.25, 0.3) is 0 Å². The summed E-state index contributed by atoms with van der Waals surface area (Å²) in [5.74, 6) is -2.65. The van der Waals surface area contributed by atoms with E-state index in [2.05, 4.69) is 17.0 Å². The van der Waals surface area contributed by atoms with Crippen LogP contribution < -0.4 is 0 Å². The van der Waals surface area contributed by atoms with Crippen molar-refractivity contribution in [1.29, 1.82) is 0 Å². The number of likely N-dealkylation sites (N-methyl/N-ethyl adjacent to an activating group) is 1. The van der Waals surface area contributed by atoms with E-state index in [0.29, 0.717) is 19.5 Å². The van der Waals surface area contributed by atoms with Crippen molar-refractivity contribution in [3.63, 3.8) is 0 Å². The number of aliphatic hydroxyl groups excluding tert-OH is 3. The monoisotopic (exact) mass is 853 g/mol. The lowest BCUT2D eigenvalue weighted by Crippen LogP contribution is -2.60. The molecule has 18 atom stereocenters. The van der Waals surface area contributed by atoms with Crippen LogP contribution in [0.2, 0.25) is 0 Å². The van der Waals surface area contributed by atoms with Crippen molar-refractivity contribution in [2.75, 3.05) is 34.3 Å². The Labute approximate surface area is 359 Å². The van der Waals surface area contributed by atoms with Gasteiger partial charge in [0.05, 0.1) is 41.5 Å². The summed E-state index contributed by atoms with van der Waals surface area (Å²) in [6.45, 7) is 18.9. The van der Waals surface area contributed by atoms with E-state index in [1.165, 1.54) is 19.6 Å². The SMILES string of the molecule is CC[C@H]1OC(=O)[C@H](C)[C@@H](O[C@@H]2C[C@](C)(OC)[C@H](O)[C@@H](C)O2)[C@H](C)[C@@H](O[C@H]2O[C@@H](C)C[C@@H](N(C)C)[C@@H]2O)[C@](C)(O)C[C@@H](C)CN(CCCc2ccccc2)[C@H](C)[C@@H](O)[C@]1(C)O. The van der Waals surface area contributed by atoms with Gasteiger partial charge in [0.15, 0.2) is 12.6 Å². The van der Waals surface area contributed by atoms with E-state index in [4.69, 9.17) is 28.4 Å². The van der Waals surface area contributed by atoms with Crippen molar-refractivity contribution >= 4 is 5.97 Å². The molecule has 0 aromatic heterocycles. The van der Waals surface area contributed by atoms with Gasteiger partial charge in [0, 0.05) is 38.1 Å². The van der Waals surface area contributed by atoms with E-state index in [1.807, 2.05) is 64.9 Å². The Morgan fingerprint density at radius 2 is 1.57 bits per heavy atom. The number of rotatable bonds is 11. The van der Waals surface area contributed by atoms with E-state index in [1.54, 1.807) is 34.6 Å². The Hall–Kier alpha value is -1.79. The zero-order valence-electron chi connectivity index (χ0n) is 38.7. The molecule has 0 saturated carbocycles. The van der Waals surface area contributed by atoms with Crippen LogP contribution in [0, 0.1) is 17.8 Å². The molecule has 3 aliphatic heterocycles. The molecule has 4 rings (SSSR count). The summed E-state index contributed by atoms with van der Waals surface area (Å²) in [5.41, 5.74) is -3.26. The van der Waals surface area contributed by atoms with Crippen LogP contribution in [-0.4, -0.2) is 166 Å². The minimum absolute atomic E-state index is 0.127. The molecule has 0 radical (unpaired) electrons. The first-order chi connectivity index (χ1) is 28.0. The number of hydrogen-bond acceptors (Lipinski definition) is 14. The predicted octanol–water partition coefficient (Wildman–Crippen LogP) is 3.90. The normalized spacial score (nSPS) is 44.5. The second-order valence-electron chi connectivity index (χ2n) is 19.3. The predicted molar refractivity (Wildman–Crippen MR) is 228 cm³/mol. The van der Waals surface area contributed by atoms with Crippen LogP contribution in [0.3, 0.4) is 0 Å². The van der Waals surface area contributed by atoms with Crippen LogP contribution >= 0.6 is 0 Å². The lowest BCUT2D eigenvalue weighted by molar-refractivity contribution is -0.318. The van der Waals surface area contributed by atoms with Crippen LogP contribution in [0.4, 0.5) is 0 Å². The molecule has 14 nitrogen and oxygen atoms in total. The van der Waals surface area contributed by atoms with Crippen molar-refractivity contribution < 1.29 is 58.7 Å². The molecule has 1 aromatic carbocycles. The van der Waals surface area contributed by atoms with E-state index >= 15 is 0 Å². The van der Waals surface area contributed by atoms with Gasteiger partial charge >= 0.3 is 5.97 Å². The number of carbonyl (C=O) groups excluding carboxylic acids is 1. The molecule has 0 bridgehead atoms. The van der Waals surface area contributed by atoms with Crippen molar-refractivity contribution in [2.45, 2.75) is 198 Å². The molecule has 346 valence electrons. The van der Waals surface area contributed by atoms with E-state index in [9.17, 15) is 30.3 Å². The van der Waals surface area contributed by atoms with Gasteiger partial charge in [-0.1, -0.05) is 51.1 Å². The van der Waals surface area contributed by atoms with Crippen molar-refractivity contribution in [3.05, 3.63) is 35.9 Å². The van der Waals surface area contributed by atoms with Gasteiger partial charge < -0.3 is 58.9 Å². The fourth-order valence-electron chi connectivity index (χ4n) is 10.0. The van der Waals surface area contributed by atoms with Crippen LogP contribution in [0.15, 0.2) is 30.3 Å². The molecular weight excluding hydrogens is 773 g/mol. The highest BCUT2D eigenvalue weighted by atomic mass is 16.7. The third kappa shape index (κ3) is 12.1. The topological polar surface area (TPSA) is 180 Å². The van der Waals surface area contributed by atoms with Crippen LogP contribution in [0.5, 0.6) is 0 Å². The molecule has 0 spiro atoms. The third-order valence-corrected chi connectivity index (χ3v) is 13.8. The Morgan fingerprint density at radius 3 is 2.17 bits per heavy atom. The van der Waals surface area contributed by atoms with E-state index in [0.717, 1.165) is 12.8 Å². The van der Waals surface area contributed by atoms with Gasteiger partial charge in [0.1, 0.15) is 30.0 Å². The first-order valence-corrected chi connectivity index (χ1v) is 22.3. The summed E-state index contributed by atoms with van der Waals surface area (Å²) >= 11 is 0. The molecule has 3 aliphatic rings. The molecule has 3 heterocycles. The number of esters is 1. The molecule has 60 heavy (non-hydrogen) atoms. The van der Waals surface area contributed by atoms with Gasteiger partial charge in [-0.2, -0.15) is 0 Å². The number of hydrogen-bond donors (Lipinski definition) is 5. The van der Waals surface area contributed by atoms with Crippen molar-refractivity contribution in [2.24, 2.45) is 17.8 Å². The fraction of sp³-hybridized carbons (Fsp3) is 0.848. The minimum Gasteiger partial charge on any atom is -0.459 e. The van der Waals surface area contributed by atoms with Crippen LogP contribution in [-0.2, 0) is 39.6 Å². The number of aliphatic hydroxyl groups is 5. The van der Waals surface area contributed by atoms with E-state index < -0.39 is 96.0 Å². The summed E-state index contributed by atoms with van der Waals surface area (Å²) in [7, 11) is 5.30. The lowest BCUT2D eigenvalue weighted by atomic mass is 9.77. The summed E-state index contributed by atoms with van der Waals surface area (Å²) in [5, 5.41) is 59.6. The van der Waals surface area contributed by atoms with Gasteiger partial charge in [0.2, 0.25) is 0 Å². The van der Waals surface area contributed by atoms with Gasteiger partial charge in [-0.25, -0.2) is 0 Å². The first kappa shape index (κ1) is 50.9. The number of aryl methyl sites for hydroxylation is 1. The van der Waals surface area contributed by atoms with Gasteiger partial charge in [-0.3, -0.25) is 9.69 Å². The second-order valence-corrected chi connectivity index (χ2v) is 19.3. The Bertz CT molecular complexity index is 1470. The number of carbonyl (C=O) groups is 1. The Morgan fingerprint density at radius 1 is 0.917 bits per heavy atom. The molecule has 14 heteroatoms. The molecule has 0 aliphatic carbocycles. The molecule has 0 amide bonds. The number of methoxy groups -OCH3 is 1. The summed E-state index contributed by atoms with van der Waals surface area (Å²) in [6, 6.07) is 9.33. The smallest absolute Gasteiger partial charge is 0.311 e. The first-order valence-electron chi connectivity index (χ1n) is 22.3. The molecule has 5 N–H and O–H groups in total. The zero-order valence-corrected chi connectivity index (χ0v) is 38.7. The second kappa shape index (κ2) is 21.3. The van der Waals surface area contributed by atoms with Crippen molar-refractivity contribution in [3.8, 4) is 0 Å². The summed E-state index contributed by atoms with van der Waals surface area (Å²) in [4.78, 5) is 18.6. The minimum atomic E-state index is -1.84. The van der Waals surface area contributed by atoms with Crippen molar-refractivity contribution in [1.82, 2.24) is 9.80 Å². The number of nitrogens with zero attached hydrogens (tertiary/aromatic N) is 2. The average Bonchev–Trinajstić information content (AvgIpc) is 3.19. The molecule has 3 fully saturated rings. The number of benzene rings is 1. The number of cyclic esters (lactones) is 1. The fourth-order valence-corrected chi connectivity index (χ4v) is 10.0. The highest BCUT2D eigenvalue weighted by Gasteiger charge is 2.53. The molecule has 3 saturated heterocycles. The Kier molecular flexibility index (Phi) is 18.0. The van der Waals surface area contributed by atoms with E-state index in [-0.39, 0.29) is 37.3 Å². The van der Waals surface area contributed by atoms with Gasteiger partial charge in [-0.05, 0) is 113 Å². The molecule has 0 unspecified atom stereocenters. The highest BCUT2D eigenvalue weighted by Crippen LogP contribution is 2.40. The quantitative estimate of drug-likeness (QED) is 0.203. The zero-order chi connectivity index (χ0) is 44.9. The summed E-state index contributed by atoms with van der Waals surface area (Å²) in [6.07, 6.45) is -6.80.